The fourth-order valence-electron chi connectivity index (χ4n) is 2.76. The van der Waals surface area contributed by atoms with Crippen LogP contribution in [0.5, 0.6) is 0 Å². The number of hydrogen-bond acceptors (Lipinski definition) is 7. The summed E-state index contributed by atoms with van der Waals surface area (Å²) in [4.78, 5) is 23.8. The van der Waals surface area contributed by atoms with Crippen LogP contribution in [0.2, 0.25) is 18.1 Å². The van der Waals surface area contributed by atoms with E-state index in [1.54, 1.807) is 0 Å². The Kier molecular flexibility index (Phi) is 12.7. The Morgan fingerprint density at radius 3 is 2.03 bits per heavy atom. The topological polar surface area (TPSA) is 102 Å². The molecular weight excluding hydrogens is 404 g/mol. The lowest BCUT2D eigenvalue weighted by Gasteiger charge is -2.41. The summed E-state index contributed by atoms with van der Waals surface area (Å²) in [5.41, 5.74) is -0.355. The van der Waals surface area contributed by atoms with Crippen LogP contribution >= 0.6 is 0 Å². The number of ether oxygens (including phenoxy) is 2. The van der Waals surface area contributed by atoms with E-state index in [4.69, 9.17) is 4.43 Å². The van der Waals surface area contributed by atoms with E-state index in [0.717, 1.165) is 52.4 Å². The van der Waals surface area contributed by atoms with Gasteiger partial charge in [0.2, 0.25) is 0 Å². The highest BCUT2D eigenvalue weighted by Gasteiger charge is 2.42. The van der Waals surface area contributed by atoms with Gasteiger partial charge < -0.3 is 24.1 Å². The fourth-order valence-corrected chi connectivity index (χ4v) is 4.13. The molecule has 0 aliphatic rings. The predicted molar refractivity (Wildman–Crippen MR) is 120 cm³/mol. The van der Waals surface area contributed by atoms with E-state index in [0.29, 0.717) is 6.42 Å². The van der Waals surface area contributed by atoms with Gasteiger partial charge in [-0.1, -0.05) is 59.8 Å². The number of unbranched alkanes of at least 4 members (excludes halogenated alkanes) is 4. The lowest BCUT2D eigenvalue weighted by atomic mass is 9.96. The molecule has 0 saturated heterocycles. The molecule has 7 nitrogen and oxygen atoms in total. The quantitative estimate of drug-likeness (QED) is 0.192. The highest BCUT2D eigenvalue weighted by atomic mass is 28.4. The van der Waals surface area contributed by atoms with Crippen molar-refractivity contribution in [2.75, 3.05) is 14.2 Å². The van der Waals surface area contributed by atoms with E-state index in [1.807, 2.05) is 0 Å². The SMILES string of the molecule is CCCCCCC[C@H](O[Si](C)(C)C(C)(C)C)[C@H](O)[C@@H](O)/C(=C\C(=O)OC)C(=O)OC. The third-order valence-corrected chi connectivity index (χ3v) is 10.3. The Bertz CT molecular complexity index is 566. The zero-order valence-corrected chi connectivity index (χ0v) is 21.0. The molecule has 3 atom stereocenters. The Morgan fingerprint density at radius 2 is 1.57 bits per heavy atom. The Morgan fingerprint density at radius 1 is 1.00 bits per heavy atom. The van der Waals surface area contributed by atoms with Crippen molar-refractivity contribution in [3.63, 3.8) is 0 Å². The average Bonchev–Trinajstić information content (AvgIpc) is 2.68. The zero-order chi connectivity index (χ0) is 23.5. The molecule has 0 rings (SSSR count). The molecule has 30 heavy (non-hydrogen) atoms. The number of rotatable bonds is 13. The van der Waals surface area contributed by atoms with Gasteiger partial charge in [-0.05, 0) is 24.6 Å². The van der Waals surface area contributed by atoms with Gasteiger partial charge in [0.1, 0.15) is 12.2 Å². The number of aliphatic hydroxyl groups excluding tert-OH is 2. The number of carbonyl (C=O) groups is 2. The Labute approximate surface area is 182 Å². The van der Waals surface area contributed by atoms with Crippen LogP contribution in [0.25, 0.3) is 0 Å². The summed E-state index contributed by atoms with van der Waals surface area (Å²) in [5.74, 6) is -1.72. The fraction of sp³-hybridized carbons (Fsp3) is 0.818. The number of aliphatic hydroxyl groups is 2. The van der Waals surface area contributed by atoms with Gasteiger partial charge in [0.05, 0.1) is 25.9 Å². The summed E-state index contributed by atoms with van der Waals surface area (Å²) < 4.78 is 15.6. The van der Waals surface area contributed by atoms with E-state index in [2.05, 4.69) is 50.3 Å². The maximum atomic E-state index is 12.1. The van der Waals surface area contributed by atoms with Crippen molar-refractivity contribution in [2.24, 2.45) is 0 Å². The van der Waals surface area contributed by atoms with Gasteiger partial charge in [-0.15, -0.1) is 0 Å². The van der Waals surface area contributed by atoms with Crippen LogP contribution in [-0.4, -0.2) is 63.0 Å². The molecular formula is C22H42O7Si. The highest BCUT2D eigenvalue weighted by molar-refractivity contribution is 6.74. The molecule has 0 aromatic carbocycles. The second-order valence-corrected chi connectivity index (χ2v) is 13.9. The summed E-state index contributed by atoms with van der Waals surface area (Å²) in [5, 5.41) is 21.6. The lowest BCUT2D eigenvalue weighted by Crippen LogP contribution is -2.50. The molecule has 8 heteroatoms. The van der Waals surface area contributed by atoms with E-state index < -0.39 is 38.6 Å². The van der Waals surface area contributed by atoms with Crippen molar-refractivity contribution in [1.82, 2.24) is 0 Å². The average molecular weight is 447 g/mol. The van der Waals surface area contributed by atoms with Gasteiger partial charge in [-0.25, -0.2) is 9.59 Å². The third-order valence-electron chi connectivity index (χ3n) is 5.76. The van der Waals surface area contributed by atoms with Crippen molar-refractivity contribution in [1.29, 1.82) is 0 Å². The maximum absolute atomic E-state index is 12.1. The minimum atomic E-state index is -2.26. The monoisotopic (exact) mass is 446 g/mol. The van der Waals surface area contributed by atoms with Gasteiger partial charge in [0, 0.05) is 6.08 Å². The molecule has 176 valence electrons. The van der Waals surface area contributed by atoms with E-state index in [9.17, 15) is 19.8 Å². The first-order chi connectivity index (χ1) is 13.8. The molecule has 0 saturated carbocycles. The summed E-state index contributed by atoms with van der Waals surface area (Å²) >= 11 is 0. The molecule has 0 aromatic rings. The molecule has 2 N–H and O–H groups in total. The van der Waals surface area contributed by atoms with Crippen molar-refractivity contribution < 1.29 is 33.7 Å². The zero-order valence-electron chi connectivity index (χ0n) is 20.0. The number of hydrogen-bond donors (Lipinski definition) is 2. The van der Waals surface area contributed by atoms with Gasteiger partial charge in [-0.3, -0.25) is 0 Å². The molecule has 0 amide bonds. The van der Waals surface area contributed by atoms with Crippen molar-refractivity contribution >= 4 is 20.3 Å². The molecule has 0 radical (unpaired) electrons. The van der Waals surface area contributed by atoms with Gasteiger partial charge in [0.15, 0.2) is 8.32 Å². The van der Waals surface area contributed by atoms with Crippen LogP contribution in [0, 0.1) is 0 Å². The van der Waals surface area contributed by atoms with Crippen molar-refractivity contribution in [3.05, 3.63) is 11.6 Å². The van der Waals surface area contributed by atoms with E-state index >= 15 is 0 Å². The summed E-state index contributed by atoms with van der Waals surface area (Å²) in [7, 11) is 0.0461. The maximum Gasteiger partial charge on any atom is 0.336 e. The molecule has 0 aromatic heterocycles. The highest BCUT2D eigenvalue weighted by Crippen LogP contribution is 2.38. The van der Waals surface area contributed by atoms with Crippen molar-refractivity contribution in [3.8, 4) is 0 Å². The number of carbonyl (C=O) groups excluding carboxylic acids is 2. The molecule has 0 unspecified atom stereocenters. The normalized spacial score (nSPS) is 16.0. The number of methoxy groups -OCH3 is 2. The van der Waals surface area contributed by atoms with Gasteiger partial charge >= 0.3 is 11.9 Å². The third kappa shape index (κ3) is 9.28. The second kappa shape index (κ2) is 13.2. The molecule has 0 fully saturated rings. The molecule has 0 heterocycles. The second-order valence-electron chi connectivity index (χ2n) is 9.17. The standard InChI is InChI=1S/C22H42O7Si/c1-9-10-11-12-13-14-17(29-30(7,8)22(2,3)4)20(25)19(24)16(21(26)28-6)15-18(23)27-5/h15,17,19-20,24-25H,9-14H2,1-8H3/b16-15+/t17-,19-,20-/m0/s1. The van der Waals surface area contributed by atoms with Gasteiger partial charge in [0.25, 0.3) is 0 Å². The molecule has 0 spiro atoms. The van der Waals surface area contributed by atoms with Gasteiger partial charge in [-0.2, -0.15) is 0 Å². The molecule has 0 aliphatic carbocycles. The van der Waals surface area contributed by atoms with Crippen LogP contribution in [0.1, 0.15) is 66.2 Å². The Balaban J connectivity index is 5.67. The first-order valence-electron chi connectivity index (χ1n) is 10.7. The van der Waals surface area contributed by atoms with E-state index in [-0.39, 0.29) is 10.6 Å². The lowest BCUT2D eigenvalue weighted by molar-refractivity contribution is -0.141. The first kappa shape index (κ1) is 28.8. The van der Waals surface area contributed by atoms with E-state index in [1.165, 1.54) is 0 Å². The van der Waals surface area contributed by atoms with Crippen LogP contribution in [0.4, 0.5) is 0 Å². The predicted octanol–water partition coefficient (Wildman–Crippen LogP) is 3.73. The minimum absolute atomic E-state index is 0.0921. The summed E-state index contributed by atoms with van der Waals surface area (Å²) in [6.45, 7) is 12.6. The number of esters is 2. The van der Waals surface area contributed by atoms with Crippen LogP contribution < -0.4 is 0 Å². The molecule has 0 bridgehead atoms. The van der Waals surface area contributed by atoms with Crippen LogP contribution in [0.15, 0.2) is 11.6 Å². The minimum Gasteiger partial charge on any atom is -0.466 e. The summed E-state index contributed by atoms with van der Waals surface area (Å²) in [6.07, 6.45) is 2.89. The van der Waals surface area contributed by atoms with Crippen LogP contribution in [-0.2, 0) is 23.5 Å². The van der Waals surface area contributed by atoms with Crippen LogP contribution in [0.3, 0.4) is 0 Å². The summed E-state index contributed by atoms with van der Waals surface area (Å²) in [6, 6.07) is 0. The molecule has 0 aliphatic heterocycles. The largest absolute Gasteiger partial charge is 0.466 e. The smallest absolute Gasteiger partial charge is 0.336 e. The Hall–Kier alpha value is -1.22. The van der Waals surface area contributed by atoms with Crippen molar-refractivity contribution in [2.45, 2.75) is 103 Å². The first-order valence-corrected chi connectivity index (χ1v) is 13.6.